The third kappa shape index (κ3) is 4.15. The van der Waals surface area contributed by atoms with Crippen LogP contribution in [0.15, 0.2) is 0 Å². The second-order valence-electron chi connectivity index (χ2n) is 6.07. The van der Waals surface area contributed by atoms with E-state index in [4.69, 9.17) is 0 Å². The molecule has 0 aromatic heterocycles. The molecule has 1 aliphatic heterocycles. The molecule has 2 N–H and O–H groups in total. The molecule has 2 fully saturated rings. The molecule has 0 aromatic rings. The van der Waals surface area contributed by atoms with Crippen LogP contribution >= 0.6 is 0 Å². The number of hydrogen-bond donors (Lipinski definition) is 2. The highest BCUT2D eigenvalue weighted by Gasteiger charge is 2.34. The summed E-state index contributed by atoms with van der Waals surface area (Å²) in [5, 5.41) is 3.32. The van der Waals surface area contributed by atoms with E-state index >= 15 is 0 Å². The highest BCUT2D eigenvalue weighted by Crippen LogP contribution is 2.28. The molecule has 2 rings (SSSR count). The SMILES string of the molecule is CCNCC1CCCN(S(=O)(=O)NC2CC(C)C2)C1. The molecular weight excluding hydrogens is 262 g/mol. The lowest BCUT2D eigenvalue weighted by molar-refractivity contribution is 0.239. The lowest BCUT2D eigenvalue weighted by Crippen LogP contribution is -2.52. The molecule has 1 saturated heterocycles. The number of rotatable bonds is 6. The maximum absolute atomic E-state index is 12.3. The van der Waals surface area contributed by atoms with Crippen LogP contribution in [0.5, 0.6) is 0 Å². The van der Waals surface area contributed by atoms with Crippen LogP contribution in [0.2, 0.25) is 0 Å². The van der Waals surface area contributed by atoms with E-state index in [1.54, 1.807) is 4.31 Å². The highest BCUT2D eigenvalue weighted by atomic mass is 32.2. The van der Waals surface area contributed by atoms with Crippen LogP contribution in [0.3, 0.4) is 0 Å². The zero-order chi connectivity index (χ0) is 13.9. The van der Waals surface area contributed by atoms with Gasteiger partial charge in [0.1, 0.15) is 0 Å². The maximum Gasteiger partial charge on any atom is 0.279 e. The van der Waals surface area contributed by atoms with Crippen molar-refractivity contribution in [3.63, 3.8) is 0 Å². The van der Waals surface area contributed by atoms with Crippen molar-refractivity contribution in [3.8, 4) is 0 Å². The lowest BCUT2D eigenvalue weighted by atomic mass is 9.83. The molecule has 1 atom stereocenters. The molecule has 0 aromatic carbocycles. The monoisotopic (exact) mass is 289 g/mol. The van der Waals surface area contributed by atoms with Gasteiger partial charge in [0, 0.05) is 19.1 Å². The number of nitrogens with one attached hydrogen (secondary N) is 2. The Labute approximate surface area is 117 Å². The molecule has 1 saturated carbocycles. The van der Waals surface area contributed by atoms with Gasteiger partial charge in [0.25, 0.3) is 10.2 Å². The summed E-state index contributed by atoms with van der Waals surface area (Å²) >= 11 is 0. The summed E-state index contributed by atoms with van der Waals surface area (Å²) in [6.45, 7) is 7.43. The summed E-state index contributed by atoms with van der Waals surface area (Å²) in [5.74, 6) is 1.11. The average molecular weight is 289 g/mol. The summed E-state index contributed by atoms with van der Waals surface area (Å²) in [4.78, 5) is 0. The van der Waals surface area contributed by atoms with Crippen LogP contribution in [0.25, 0.3) is 0 Å². The maximum atomic E-state index is 12.3. The van der Waals surface area contributed by atoms with E-state index < -0.39 is 10.2 Å². The van der Waals surface area contributed by atoms with Crippen LogP contribution in [0.4, 0.5) is 0 Å². The van der Waals surface area contributed by atoms with Crippen LogP contribution < -0.4 is 10.0 Å². The predicted octanol–water partition coefficient (Wildman–Crippen LogP) is 0.941. The fourth-order valence-electron chi connectivity index (χ4n) is 3.04. The Morgan fingerprint density at radius 1 is 1.32 bits per heavy atom. The molecule has 5 nitrogen and oxygen atoms in total. The van der Waals surface area contributed by atoms with Crippen molar-refractivity contribution >= 4 is 10.2 Å². The second-order valence-corrected chi connectivity index (χ2v) is 7.77. The lowest BCUT2D eigenvalue weighted by Gasteiger charge is -2.37. The molecule has 2 aliphatic rings. The van der Waals surface area contributed by atoms with Gasteiger partial charge in [-0.05, 0) is 50.6 Å². The summed E-state index contributed by atoms with van der Waals surface area (Å²) in [6, 6.07) is 0.161. The van der Waals surface area contributed by atoms with Crippen molar-refractivity contribution in [1.29, 1.82) is 0 Å². The Morgan fingerprint density at radius 2 is 2.05 bits per heavy atom. The van der Waals surface area contributed by atoms with Gasteiger partial charge in [0.15, 0.2) is 0 Å². The minimum Gasteiger partial charge on any atom is -0.317 e. The molecule has 19 heavy (non-hydrogen) atoms. The Morgan fingerprint density at radius 3 is 2.68 bits per heavy atom. The van der Waals surface area contributed by atoms with Crippen molar-refractivity contribution in [2.24, 2.45) is 11.8 Å². The minimum atomic E-state index is -3.27. The second kappa shape index (κ2) is 6.52. The molecule has 0 radical (unpaired) electrons. The molecular formula is C13H27N3O2S. The predicted molar refractivity (Wildman–Crippen MR) is 77.1 cm³/mol. The van der Waals surface area contributed by atoms with E-state index in [2.05, 4.69) is 23.9 Å². The van der Waals surface area contributed by atoms with Crippen LogP contribution in [-0.2, 0) is 10.2 Å². The first kappa shape index (κ1) is 15.2. The third-order valence-corrected chi connectivity index (χ3v) is 5.84. The average Bonchev–Trinajstić information content (AvgIpc) is 2.34. The smallest absolute Gasteiger partial charge is 0.279 e. The molecule has 6 heteroatoms. The number of nitrogens with zero attached hydrogens (tertiary/aromatic N) is 1. The van der Waals surface area contributed by atoms with Gasteiger partial charge in [-0.2, -0.15) is 17.4 Å². The normalized spacial score (nSPS) is 33.1. The Hall–Kier alpha value is -0.170. The number of hydrogen-bond acceptors (Lipinski definition) is 3. The standard InChI is InChI=1S/C13H27N3O2S/c1-3-14-9-12-5-4-6-16(10-12)19(17,18)15-13-7-11(2)8-13/h11-15H,3-10H2,1-2H3. The van der Waals surface area contributed by atoms with E-state index in [1.165, 1.54) is 0 Å². The first-order valence-electron chi connectivity index (χ1n) is 7.49. The highest BCUT2D eigenvalue weighted by molar-refractivity contribution is 7.87. The van der Waals surface area contributed by atoms with Gasteiger partial charge >= 0.3 is 0 Å². The molecule has 0 spiro atoms. The van der Waals surface area contributed by atoms with E-state index in [0.717, 1.165) is 38.8 Å². The zero-order valence-corrected chi connectivity index (χ0v) is 12.9. The van der Waals surface area contributed by atoms with E-state index in [-0.39, 0.29) is 6.04 Å². The summed E-state index contributed by atoms with van der Waals surface area (Å²) in [5.41, 5.74) is 0. The molecule has 0 bridgehead atoms. The van der Waals surface area contributed by atoms with E-state index in [0.29, 0.717) is 24.9 Å². The fraction of sp³-hybridized carbons (Fsp3) is 1.00. The third-order valence-electron chi connectivity index (χ3n) is 4.19. The van der Waals surface area contributed by atoms with Crippen LogP contribution in [0, 0.1) is 11.8 Å². The van der Waals surface area contributed by atoms with Crippen molar-refractivity contribution < 1.29 is 8.42 Å². The zero-order valence-electron chi connectivity index (χ0n) is 12.1. The van der Waals surface area contributed by atoms with Gasteiger partial charge in [0.2, 0.25) is 0 Å². The van der Waals surface area contributed by atoms with Gasteiger partial charge in [0.05, 0.1) is 0 Å². The Balaban J connectivity index is 1.85. The summed E-state index contributed by atoms with van der Waals surface area (Å²) < 4.78 is 29.1. The van der Waals surface area contributed by atoms with Gasteiger partial charge in [-0.3, -0.25) is 0 Å². The van der Waals surface area contributed by atoms with Gasteiger partial charge in [-0.15, -0.1) is 0 Å². The van der Waals surface area contributed by atoms with Crippen molar-refractivity contribution in [2.45, 2.75) is 45.6 Å². The molecule has 0 amide bonds. The van der Waals surface area contributed by atoms with Crippen molar-refractivity contribution in [3.05, 3.63) is 0 Å². The Bertz CT molecular complexity index is 379. The van der Waals surface area contributed by atoms with Gasteiger partial charge in [-0.25, -0.2) is 0 Å². The van der Waals surface area contributed by atoms with Crippen LogP contribution in [0.1, 0.15) is 39.5 Å². The van der Waals surface area contributed by atoms with Crippen molar-refractivity contribution in [2.75, 3.05) is 26.2 Å². The summed E-state index contributed by atoms with van der Waals surface area (Å²) in [7, 11) is -3.27. The van der Waals surface area contributed by atoms with Gasteiger partial charge in [-0.1, -0.05) is 13.8 Å². The molecule has 1 heterocycles. The molecule has 1 unspecified atom stereocenters. The largest absolute Gasteiger partial charge is 0.317 e. The minimum absolute atomic E-state index is 0.161. The fourth-order valence-corrected chi connectivity index (χ4v) is 4.58. The van der Waals surface area contributed by atoms with E-state index in [9.17, 15) is 8.42 Å². The topological polar surface area (TPSA) is 61.4 Å². The first-order valence-corrected chi connectivity index (χ1v) is 8.93. The van der Waals surface area contributed by atoms with Gasteiger partial charge < -0.3 is 5.32 Å². The quantitative estimate of drug-likeness (QED) is 0.765. The molecule has 1 aliphatic carbocycles. The Kier molecular flexibility index (Phi) is 5.22. The molecule has 112 valence electrons. The first-order chi connectivity index (χ1) is 9.01. The van der Waals surface area contributed by atoms with E-state index in [1.807, 2.05) is 0 Å². The van der Waals surface area contributed by atoms with Crippen molar-refractivity contribution in [1.82, 2.24) is 14.3 Å². The summed E-state index contributed by atoms with van der Waals surface area (Å²) in [6.07, 6.45) is 4.05. The van der Waals surface area contributed by atoms with Crippen LogP contribution in [-0.4, -0.2) is 44.9 Å². The number of piperidine rings is 1.